The van der Waals surface area contributed by atoms with E-state index in [9.17, 15) is 0 Å². The maximum atomic E-state index is 5.73. The highest BCUT2D eigenvalue weighted by atomic mass is 16.5. The minimum atomic E-state index is 0.781. The number of nitrogen functional groups attached to an aromatic ring is 2. The van der Waals surface area contributed by atoms with Crippen molar-refractivity contribution < 1.29 is 9.47 Å². The van der Waals surface area contributed by atoms with E-state index >= 15 is 0 Å². The summed E-state index contributed by atoms with van der Waals surface area (Å²) in [4.78, 5) is 0. The van der Waals surface area contributed by atoms with Crippen LogP contribution in [-0.2, 0) is 0 Å². The first-order valence-electron chi connectivity index (χ1n) is 12.2. The maximum Gasteiger partial charge on any atom is 0.119 e. The number of hydrogen-bond acceptors (Lipinski definition) is 4. The van der Waals surface area contributed by atoms with Gasteiger partial charge in [-0.25, -0.2) is 0 Å². The number of rotatable bonds is 18. The van der Waals surface area contributed by atoms with Gasteiger partial charge in [0.1, 0.15) is 11.5 Å². The summed E-state index contributed by atoms with van der Waals surface area (Å²) in [5, 5.41) is 0. The van der Waals surface area contributed by atoms with E-state index in [0.29, 0.717) is 0 Å². The van der Waals surface area contributed by atoms with Gasteiger partial charge in [0, 0.05) is 11.4 Å². The molecule has 0 heterocycles. The quantitative estimate of drug-likeness (QED) is 0.193. The van der Waals surface area contributed by atoms with Gasteiger partial charge < -0.3 is 20.9 Å². The monoisotopic (exact) mass is 426 g/mol. The average molecular weight is 427 g/mol. The zero-order valence-corrected chi connectivity index (χ0v) is 19.2. The van der Waals surface area contributed by atoms with E-state index in [2.05, 4.69) is 0 Å². The van der Waals surface area contributed by atoms with E-state index in [-0.39, 0.29) is 0 Å². The molecule has 0 aliphatic heterocycles. The highest BCUT2D eigenvalue weighted by molar-refractivity contribution is 5.42. The highest BCUT2D eigenvalue weighted by Crippen LogP contribution is 2.16. The smallest absolute Gasteiger partial charge is 0.119 e. The molecule has 0 radical (unpaired) electrons. The van der Waals surface area contributed by atoms with E-state index in [1.54, 1.807) is 0 Å². The van der Waals surface area contributed by atoms with Crippen LogP contribution in [0.25, 0.3) is 0 Å². The normalized spacial score (nSPS) is 10.8. The van der Waals surface area contributed by atoms with Crippen molar-refractivity contribution in [1.82, 2.24) is 0 Å². The van der Waals surface area contributed by atoms with E-state index in [4.69, 9.17) is 20.9 Å². The van der Waals surface area contributed by atoms with Gasteiger partial charge in [-0.2, -0.15) is 0 Å². The first kappa shape index (κ1) is 24.9. The summed E-state index contributed by atoms with van der Waals surface area (Å²) < 4.78 is 11.5. The molecular weight excluding hydrogens is 384 g/mol. The van der Waals surface area contributed by atoms with Crippen LogP contribution < -0.4 is 20.9 Å². The summed E-state index contributed by atoms with van der Waals surface area (Å²) in [5.74, 6) is 1.83. The van der Waals surface area contributed by atoms with Gasteiger partial charge in [-0.05, 0) is 61.4 Å². The first-order chi connectivity index (χ1) is 15.2. The molecule has 0 unspecified atom stereocenters. The molecule has 4 heteroatoms. The van der Waals surface area contributed by atoms with Gasteiger partial charge in [0.2, 0.25) is 0 Å². The van der Waals surface area contributed by atoms with E-state index in [0.717, 1.165) is 48.9 Å². The Morgan fingerprint density at radius 2 is 0.645 bits per heavy atom. The molecule has 31 heavy (non-hydrogen) atoms. The average Bonchev–Trinajstić information content (AvgIpc) is 2.78. The third-order valence-electron chi connectivity index (χ3n) is 5.59. The summed E-state index contributed by atoms with van der Waals surface area (Å²) in [6.07, 6.45) is 17.1. The third-order valence-corrected chi connectivity index (χ3v) is 5.59. The molecule has 0 fully saturated rings. The Labute approximate surface area is 189 Å². The van der Waals surface area contributed by atoms with Gasteiger partial charge in [-0.1, -0.05) is 70.6 Å². The molecule has 0 spiro atoms. The highest BCUT2D eigenvalue weighted by Gasteiger charge is 1.97. The second-order valence-corrected chi connectivity index (χ2v) is 8.43. The Kier molecular flexibility index (Phi) is 13.1. The third kappa shape index (κ3) is 12.8. The molecule has 2 aromatic rings. The number of ether oxygens (including phenoxy) is 2. The molecule has 4 nitrogen and oxygen atoms in total. The van der Waals surface area contributed by atoms with Crippen LogP contribution in [0.4, 0.5) is 11.4 Å². The minimum Gasteiger partial charge on any atom is -0.494 e. The van der Waals surface area contributed by atoms with Crippen molar-refractivity contribution in [3.8, 4) is 11.5 Å². The van der Waals surface area contributed by atoms with Crippen molar-refractivity contribution in [1.29, 1.82) is 0 Å². The number of anilines is 2. The largest absolute Gasteiger partial charge is 0.494 e. The van der Waals surface area contributed by atoms with E-state index < -0.39 is 0 Å². The van der Waals surface area contributed by atoms with Crippen molar-refractivity contribution in [2.75, 3.05) is 24.7 Å². The number of benzene rings is 2. The van der Waals surface area contributed by atoms with Gasteiger partial charge in [0.05, 0.1) is 13.2 Å². The standard InChI is InChI=1S/C27H42N2O2/c28-24-14-18-26(19-15-24)30-22-12-10-8-6-4-2-1-3-5-7-9-11-13-23-31-27-20-16-25(29)17-21-27/h14-21H,1-13,22-23,28-29H2. The predicted octanol–water partition coefficient (Wildman–Crippen LogP) is 7.38. The van der Waals surface area contributed by atoms with Crippen LogP contribution in [0.15, 0.2) is 48.5 Å². The summed E-state index contributed by atoms with van der Waals surface area (Å²) in [7, 11) is 0. The fourth-order valence-corrected chi connectivity index (χ4v) is 3.66. The molecule has 0 saturated heterocycles. The van der Waals surface area contributed by atoms with Crippen LogP contribution in [0, 0.1) is 0 Å². The number of hydrogen-bond donors (Lipinski definition) is 2. The zero-order chi connectivity index (χ0) is 22.0. The molecule has 2 rings (SSSR count). The van der Waals surface area contributed by atoms with Crippen LogP contribution >= 0.6 is 0 Å². The van der Waals surface area contributed by atoms with Crippen LogP contribution in [0.3, 0.4) is 0 Å². The summed E-state index contributed by atoms with van der Waals surface area (Å²) in [5.41, 5.74) is 12.9. The molecule has 0 aliphatic carbocycles. The second-order valence-electron chi connectivity index (χ2n) is 8.43. The van der Waals surface area contributed by atoms with E-state index in [1.807, 2.05) is 48.5 Å². The van der Waals surface area contributed by atoms with Crippen LogP contribution in [-0.4, -0.2) is 13.2 Å². The fraction of sp³-hybridized carbons (Fsp3) is 0.556. The topological polar surface area (TPSA) is 70.5 Å². The minimum absolute atomic E-state index is 0.781. The van der Waals surface area contributed by atoms with Crippen molar-refractivity contribution in [2.24, 2.45) is 0 Å². The predicted molar refractivity (Wildman–Crippen MR) is 133 cm³/mol. The van der Waals surface area contributed by atoms with Crippen LogP contribution in [0.2, 0.25) is 0 Å². The molecule has 0 aromatic heterocycles. The van der Waals surface area contributed by atoms with Crippen LogP contribution in [0.5, 0.6) is 11.5 Å². The summed E-state index contributed by atoms with van der Waals surface area (Å²) in [6.45, 7) is 1.61. The van der Waals surface area contributed by atoms with E-state index in [1.165, 1.54) is 70.6 Å². The lowest BCUT2D eigenvalue weighted by Crippen LogP contribution is -1.97. The molecule has 2 aromatic carbocycles. The fourth-order valence-electron chi connectivity index (χ4n) is 3.66. The molecule has 0 aliphatic rings. The van der Waals surface area contributed by atoms with Gasteiger partial charge >= 0.3 is 0 Å². The lowest BCUT2D eigenvalue weighted by Gasteiger charge is -2.07. The van der Waals surface area contributed by atoms with Gasteiger partial charge in [-0.3, -0.25) is 0 Å². The molecule has 172 valence electrons. The van der Waals surface area contributed by atoms with Crippen molar-refractivity contribution >= 4 is 11.4 Å². The summed E-state index contributed by atoms with van der Waals surface area (Å²) in [6, 6.07) is 15.3. The Balaban J connectivity index is 1.26. The van der Waals surface area contributed by atoms with Gasteiger partial charge in [0.15, 0.2) is 0 Å². The Morgan fingerprint density at radius 1 is 0.387 bits per heavy atom. The van der Waals surface area contributed by atoms with Crippen molar-refractivity contribution in [3.05, 3.63) is 48.5 Å². The molecule has 0 atom stereocenters. The first-order valence-corrected chi connectivity index (χ1v) is 12.2. The lowest BCUT2D eigenvalue weighted by molar-refractivity contribution is 0.304. The Morgan fingerprint density at radius 3 is 0.935 bits per heavy atom. The SMILES string of the molecule is Nc1ccc(OCCCCCCCCCCCCCCCOc2ccc(N)cc2)cc1. The maximum absolute atomic E-state index is 5.73. The van der Waals surface area contributed by atoms with Crippen molar-refractivity contribution in [3.63, 3.8) is 0 Å². The van der Waals surface area contributed by atoms with Crippen molar-refractivity contribution in [2.45, 2.75) is 83.5 Å². The van der Waals surface area contributed by atoms with Gasteiger partial charge in [-0.15, -0.1) is 0 Å². The zero-order valence-electron chi connectivity index (χ0n) is 19.2. The molecule has 4 N–H and O–H groups in total. The molecule has 0 amide bonds. The van der Waals surface area contributed by atoms with Crippen LogP contribution in [0.1, 0.15) is 83.5 Å². The summed E-state index contributed by atoms with van der Waals surface area (Å²) >= 11 is 0. The molecular formula is C27H42N2O2. The lowest BCUT2D eigenvalue weighted by atomic mass is 10.0. The Bertz CT molecular complexity index is 611. The molecule has 0 bridgehead atoms. The Hall–Kier alpha value is -2.36. The second kappa shape index (κ2) is 16.3. The number of nitrogens with two attached hydrogens (primary N) is 2. The number of unbranched alkanes of at least 4 members (excludes halogenated alkanes) is 12. The van der Waals surface area contributed by atoms with Gasteiger partial charge in [0.25, 0.3) is 0 Å². The molecule has 0 saturated carbocycles.